The Morgan fingerprint density at radius 2 is 1.74 bits per heavy atom. The maximum absolute atomic E-state index is 13.5. The van der Waals surface area contributed by atoms with Gasteiger partial charge in [0.1, 0.15) is 0 Å². The molecule has 5 rings (SSSR count). The number of carbonyl (C=O) groups excluding carboxylic acids is 1. The van der Waals surface area contributed by atoms with E-state index in [4.69, 9.17) is 0 Å². The highest BCUT2D eigenvalue weighted by Gasteiger charge is 2.36. The van der Waals surface area contributed by atoms with Gasteiger partial charge in [-0.1, -0.05) is 30.3 Å². The maximum Gasteiger partial charge on any atom is 0.243 e. The number of rotatable bonds is 6. The molecule has 6 nitrogen and oxygen atoms in total. The highest BCUT2D eigenvalue weighted by molar-refractivity contribution is 7.89. The van der Waals surface area contributed by atoms with Crippen LogP contribution in [-0.2, 0) is 27.8 Å². The van der Waals surface area contributed by atoms with E-state index >= 15 is 0 Å². The Hall–Kier alpha value is -2.64. The second-order valence-corrected chi connectivity index (χ2v) is 11.9. The molecule has 0 spiro atoms. The molecule has 3 aromatic rings. The van der Waals surface area contributed by atoms with Gasteiger partial charge in [-0.05, 0) is 74.8 Å². The van der Waals surface area contributed by atoms with Crippen LogP contribution in [0.1, 0.15) is 38.2 Å². The smallest absolute Gasteiger partial charge is 0.243 e. The number of amides is 1. The second-order valence-electron chi connectivity index (χ2n) is 9.98. The number of piperidine rings is 2. The van der Waals surface area contributed by atoms with E-state index < -0.39 is 10.0 Å². The van der Waals surface area contributed by atoms with Crippen molar-refractivity contribution in [2.75, 3.05) is 26.2 Å². The maximum atomic E-state index is 13.5. The zero-order chi connectivity index (χ0) is 24.4. The van der Waals surface area contributed by atoms with Gasteiger partial charge in [-0.2, -0.15) is 4.31 Å². The van der Waals surface area contributed by atoms with E-state index in [-0.39, 0.29) is 18.4 Å². The van der Waals surface area contributed by atoms with Crippen molar-refractivity contribution in [3.8, 4) is 0 Å². The van der Waals surface area contributed by atoms with Gasteiger partial charge in [0.25, 0.3) is 0 Å². The second kappa shape index (κ2) is 10.2. The van der Waals surface area contributed by atoms with Crippen LogP contribution < -0.4 is 0 Å². The summed E-state index contributed by atoms with van der Waals surface area (Å²) in [6.07, 6.45) is 6.53. The third kappa shape index (κ3) is 5.02. The summed E-state index contributed by atoms with van der Waals surface area (Å²) in [5.74, 6) is 0.467. The summed E-state index contributed by atoms with van der Waals surface area (Å²) in [6.45, 7) is 5.20. The molecule has 0 aliphatic carbocycles. The van der Waals surface area contributed by atoms with Gasteiger partial charge in [0.15, 0.2) is 0 Å². The van der Waals surface area contributed by atoms with Gasteiger partial charge in [-0.25, -0.2) is 8.42 Å². The van der Waals surface area contributed by atoms with Crippen LogP contribution in [0.15, 0.2) is 65.7 Å². The van der Waals surface area contributed by atoms with Crippen LogP contribution in [-0.4, -0.2) is 54.3 Å². The first-order valence-corrected chi connectivity index (χ1v) is 14.3. The number of benzene rings is 2. The summed E-state index contributed by atoms with van der Waals surface area (Å²) >= 11 is 0. The molecule has 1 amide bonds. The fourth-order valence-corrected chi connectivity index (χ4v) is 7.25. The van der Waals surface area contributed by atoms with Gasteiger partial charge in [0, 0.05) is 49.8 Å². The predicted molar refractivity (Wildman–Crippen MR) is 139 cm³/mol. The Labute approximate surface area is 208 Å². The first kappa shape index (κ1) is 24.1. The van der Waals surface area contributed by atoms with E-state index in [0.29, 0.717) is 23.8 Å². The predicted octanol–water partition coefficient (Wildman–Crippen LogP) is 4.54. The van der Waals surface area contributed by atoms with Crippen molar-refractivity contribution in [3.05, 3.63) is 66.4 Å². The molecule has 0 saturated carbocycles. The van der Waals surface area contributed by atoms with Crippen LogP contribution in [0.3, 0.4) is 0 Å². The number of nitrogens with zero attached hydrogens (tertiary/aromatic N) is 3. The van der Waals surface area contributed by atoms with Gasteiger partial charge in [0.05, 0.1) is 10.8 Å². The fourth-order valence-electron chi connectivity index (χ4n) is 5.69. The van der Waals surface area contributed by atoms with Crippen molar-refractivity contribution in [2.45, 2.75) is 50.5 Å². The molecule has 2 fully saturated rings. The zero-order valence-corrected chi connectivity index (χ0v) is 21.3. The Balaban J connectivity index is 1.22. The topological polar surface area (TPSA) is 62.6 Å². The quantitative estimate of drug-likeness (QED) is 0.506. The van der Waals surface area contributed by atoms with Crippen molar-refractivity contribution in [1.82, 2.24) is 13.8 Å². The largest absolute Gasteiger partial charge is 0.348 e. The average Bonchev–Trinajstić information content (AvgIpc) is 3.32. The summed E-state index contributed by atoms with van der Waals surface area (Å²) in [5, 5.41) is 0.927. The third-order valence-electron chi connectivity index (χ3n) is 7.75. The average molecular weight is 494 g/mol. The van der Waals surface area contributed by atoms with Crippen LogP contribution in [0.5, 0.6) is 0 Å². The molecule has 2 aromatic carbocycles. The molecule has 0 N–H and O–H groups in total. The molecule has 2 saturated heterocycles. The highest BCUT2D eigenvalue weighted by Crippen LogP contribution is 2.29. The van der Waals surface area contributed by atoms with Gasteiger partial charge in [0.2, 0.25) is 15.9 Å². The molecule has 2 aliphatic heterocycles. The van der Waals surface area contributed by atoms with Crippen LogP contribution in [0.25, 0.3) is 10.9 Å². The van der Waals surface area contributed by atoms with Crippen molar-refractivity contribution in [2.24, 2.45) is 11.8 Å². The molecule has 186 valence electrons. The number of likely N-dealkylation sites (tertiary alicyclic amines) is 1. The third-order valence-corrected chi connectivity index (χ3v) is 9.61. The van der Waals surface area contributed by atoms with E-state index in [1.54, 1.807) is 12.1 Å². The first-order valence-electron chi connectivity index (χ1n) is 12.9. The normalized spacial score (nSPS) is 20.4. The minimum atomic E-state index is -3.64. The lowest BCUT2D eigenvalue weighted by molar-refractivity contribution is -0.138. The molecule has 0 radical (unpaired) electrons. The lowest BCUT2D eigenvalue weighted by Gasteiger charge is -2.37. The molecule has 0 bridgehead atoms. The number of fused-ring (bicyclic) bond motifs is 1. The minimum absolute atomic E-state index is 0.124. The van der Waals surface area contributed by atoms with Crippen molar-refractivity contribution in [1.29, 1.82) is 0 Å². The molecule has 35 heavy (non-hydrogen) atoms. The number of aromatic nitrogens is 1. The molecule has 1 aromatic heterocycles. The Morgan fingerprint density at radius 1 is 0.971 bits per heavy atom. The molecule has 0 unspecified atom stereocenters. The minimum Gasteiger partial charge on any atom is -0.348 e. The first-order chi connectivity index (χ1) is 17.0. The summed E-state index contributed by atoms with van der Waals surface area (Å²) in [7, 11) is -3.64. The molecule has 1 atom stereocenters. The molecule has 3 heterocycles. The van der Waals surface area contributed by atoms with Gasteiger partial charge in [-0.15, -0.1) is 0 Å². The summed E-state index contributed by atoms with van der Waals surface area (Å²) < 4.78 is 30.6. The lowest BCUT2D eigenvalue weighted by Crippen LogP contribution is -2.48. The number of carbonyl (C=O) groups is 1. The van der Waals surface area contributed by atoms with Gasteiger partial charge >= 0.3 is 0 Å². The number of hydrogen-bond donors (Lipinski definition) is 0. The van der Waals surface area contributed by atoms with E-state index in [2.05, 4.69) is 35.8 Å². The van der Waals surface area contributed by atoms with E-state index in [1.807, 2.05) is 29.3 Å². The molecular formula is C28H35N3O3S. The molecule has 2 aliphatic rings. The van der Waals surface area contributed by atoms with Crippen LogP contribution >= 0.6 is 0 Å². The Kier molecular flexibility index (Phi) is 6.98. The number of sulfonamides is 1. The summed E-state index contributed by atoms with van der Waals surface area (Å²) in [4.78, 5) is 15.6. The fraction of sp³-hybridized carbons (Fsp3) is 0.464. The van der Waals surface area contributed by atoms with Gasteiger partial charge < -0.3 is 9.47 Å². The van der Waals surface area contributed by atoms with E-state index in [1.165, 1.54) is 9.87 Å². The van der Waals surface area contributed by atoms with Crippen molar-refractivity contribution >= 4 is 26.8 Å². The molecular weight excluding hydrogens is 458 g/mol. The van der Waals surface area contributed by atoms with Gasteiger partial charge in [-0.3, -0.25) is 4.79 Å². The molecule has 7 heteroatoms. The lowest BCUT2D eigenvalue weighted by atomic mass is 9.89. The number of aryl methyl sites for hydroxylation is 1. The Morgan fingerprint density at radius 3 is 2.49 bits per heavy atom. The monoisotopic (exact) mass is 493 g/mol. The van der Waals surface area contributed by atoms with Crippen LogP contribution in [0.2, 0.25) is 0 Å². The van der Waals surface area contributed by atoms with E-state index in [9.17, 15) is 13.2 Å². The highest BCUT2D eigenvalue weighted by atomic mass is 32.2. The van der Waals surface area contributed by atoms with E-state index in [0.717, 1.165) is 56.2 Å². The summed E-state index contributed by atoms with van der Waals surface area (Å²) in [5.41, 5.74) is 2.39. The summed E-state index contributed by atoms with van der Waals surface area (Å²) in [6, 6.07) is 17.9. The van der Waals surface area contributed by atoms with Crippen molar-refractivity contribution < 1.29 is 13.2 Å². The van der Waals surface area contributed by atoms with Crippen LogP contribution in [0, 0.1) is 11.8 Å². The SMILES string of the molecule is CCn1ccc2cc(S(=O)(=O)N3CCC[C@H](C(=O)N4CCC(Cc5ccccc5)CC4)C3)ccc21. The Bertz CT molecular complexity index is 1280. The van der Waals surface area contributed by atoms with Crippen LogP contribution in [0.4, 0.5) is 0 Å². The van der Waals surface area contributed by atoms with Crippen molar-refractivity contribution in [3.63, 3.8) is 0 Å². The zero-order valence-electron chi connectivity index (χ0n) is 20.5. The standard InChI is InChI=1S/C28H35N3O3S/c1-2-29-18-14-24-20-26(10-11-27(24)29)35(33,34)31-15-6-9-25(21-31)28(32)30-16-12-23(13-17-30)19-22-7-4-3-5-8-22/h3-5,7-8,10-11,14,18,20,23,25H,2,6,9,12-13,15-17,19,21H2,1H3/t25-/m0/s1. The number of hydrogen-bond acceptors (Lipinski definition) is 3.